The standard InChI is InChI=1S/C19H19N7O3/c1-29-8-7-20-18-24-16-13(9-12-10-15(27)23-17(12)28)11-21-26(16)19(25-18)22-14-5-3-2-4-6-14/h2-6,9,11H,7-8,10H2,1H3,(H,23,27,28)(H2,20,22,24,25)/b12-9+. The highest BCUT2D eigenvalue weighted by Crippen LogP contribution is 2.22. The summed E-state index contributed by atoms with van der Waals surface area (Å²) in [5.41, 5.74) is 2.32. The molecule has 10 nitrogen and oxygen atoms in total. The number of methoxy groups -OCH3 is 1. The van der Waals surface area contributed by atoms with Gasteiger partial charge in [-0.05, 0) is 18.2 Å². The van der Waals surface area contributed by atoms with Crippen molar-refractivity contribution in [2.45, 2.75) is 6.42 Å². The Labute approximate surface area is 166 Å². The van der Waals surface area contributed by atoms with Crippen LogP contribution < -0.4 is 16.0 Å². The number of hydrogen-bond acceptors (Lipinski definition) is 8. The Hall–Kier alpha value is -3.79. The molecule has 0 bridgehead atoms. The maximum Gasteiger partial charge on any atom is 0.254 e. The number of hydrogen-bond donors (Lipinski definition) is 3. The van der Waals surface area contributed by atoms with Crippen LogP contribution in [0, 0.1) is 0 Å². The van der Waals surface area contributed by atoms with E-state index in [2.05, 4.69) is 31.0 Å². The maximum absolute atomic E-state index is 11.9. The van der Waals surface area contributed by atoms with Gasteiger partial charge in [-0.2, -0.15) is 19.6 Å². The summed E-state index contributed by atoms with van der Waals surface area (Å²) in [6.07, 6.45) is 3.25. The Morgan fingerprint density at radius 2 is 2.07 bits per heavy atom. The molecule has 10 heteroatoms. The number of nitrogens with zero attached hydrogens (tertiary/aromatic N) is 4. The van der Waals surface area contributed by atoms with Crippen LogP contribution in [-0.4, -0.2) is 51.7 Å². The van der Waals surface area contributed by atoms with Gasteiger partial charge in [0, 0.05) is 30.5 Å². The fourth-order valence-electron chi connectivity index (χ4n) is 2.88. The number of imide groups is 1. The molecular formula is C19H19N7O3. The number of rotatable bonds is 7. The first kappa shape index (κ1) is 18.6. The Morgan fingerprint density at radius 3 is 2.79 bits per heavy atom. The molecule has 3 N–H and O–H groups in total. The number of carbonyl (C=O) groups is 2. The average Bonchev–Trinajstić information content (AvgIpc) is 3.26. The van der Waals surface area contributed by atoms with Gasteiger partial charge in [-0.3, -0.25) is 14.9 Å². The van der Waals surface area contributed by atoms with E-state index in [-0.39, 0.29) is 12.3 Å². The second-order valence-electron chi connectivity index (χ2n) is 6.34. The fraction of sp³-hybridized carbons (Fsp3) is 0.211. The summed E-state index contributed by atoms with van der Waals surface area (Å²) < 4.78 is 6.61. The van der Waals surface area contributed by atoms with Gasteiger partial charge in [0.25, 0.3) is 5.91 Å². The maximum atomic E-state index is 11.9. The number of amides is 2. The summed E-state index contributed by atoms with van der Waals surface area (Å²) in [5.74, 6) is 0.128. The van der Waals surface area contributed by atoms with Crippen molar-refractivity contribution in [3.63, 3.8) is 0 Å². The van der Waals surface area contributed by atoms with Crippen molar-refractivity contribution in [2.75, 3.05) is 30.9 Å². The van der Waals surface area contributed by atoms with E-state index in [1.165, 1.54) is 0 Å². The normalized spacial score (nSPS) is 15.1. The van der Waals surface area contributed by atoms with Gasteiger partial charge in [-0.15, -0.1) is 0 Å². The van der Waals surface area contributed by atoms with Crippen molar-refractivity contribution < 1.29 is 14.3 Å². The highest BCUT2D eigenvalue weighted by atomic mass is 16.5. The van der Waals surface area contributed by atoms with Gasteiger partial charge in [0.15, 0.2) is 5.65 Å². The van der Waals surface area contributed by atoms with Crippen molar-refractivity contribution in [2.24, 2.45) is 0 Å². The largest absolute Gasteiger partial charge is 0.383 e. The number of anilines is 3. The summed E-state index contributed by atoms with van der Waals surface area (Å²) in [6.45, 7) is 1.02. The third-order valence-electron chi connectivity index (χ3n) is 4.24. The van der Waals surface area contributed by atoms with Gasteiger partial charge in [0.2, 0.25) is 17.8 Å². The van der Waals surface area contributed by atoms with E-state index < -0.39 is 5.91 Å². The van der Waals surface area contributed by atoms with Crippen LogP contribution in [-0.2, 0) is 14.3 Å². The molecule has 1 saturated heterocycles. The molecule has 0 aliphatic carbocycles. The smallest absolute Gasteiger partial charge is 0.254 e. The van der Waals surface area contributed by atoms with Crippen LogP contribution in [0.25, 0.3) is 11.7 Å². The molecule has 3 aromatic rings. The van der Waals surface area contributed by atoms with Crippen LogP contribution in [0.5, 0.6) is 0 Å². The SMILES string of the molecule is COCCNc1nc(Nc2ccccc2)n2ncc(/C=C3\CC(=O)NC3=O)c2n1. The molecule has 0 spiro atoms. The third-order valence-corrected chi connectivity index (χ3v) is 4.24. The highest BCUT2D eigenvalue weighted by Gasteiger charge is 2.24. The van der Waals surface area contributed by atoms with Gasteiger partial charge in [-0.1, -0.05) is 18.2 Å². The summed E-state index contributed by atoms with van der Waals surface area (Å²) in [5, 5.41) is 13.0. The van der Waals surface area contributed by atoms with Crippen molar-refractivity contribution in [3.05, 3.63) is 47.7 Å². The number of carbonyl (C=O) groups excluding carboxylic acids is 2. The lowest BCUT2D eigenvalue weighted by molar-refractivity contribution is -0.124. The molecule has 0 radical (unpaired) electrons. The van der Waals surface area contributed by atoms with Crippen LogP contribution in [0.4, 0.5) is 17.6 Å². The molecule has 1 aliphatic rings. The van der Waals surface area contributed by atoms with Gasteiger partial charge in [-0.25, -0.2) is 0 Å². The van der Waals surface area contributed by atoms with E-state index >= 15 is 0 Å². The molecule has 0 saturated carbocycles. The topological polar surface area (TPSA) is 123 Å². The Morgan fingerprint density at radius 1 is 1.24 bits per heavy atom. The Kier molecular flexibility index (Phi) is 5.16. The second-order valence-corrected chi connectivity index (χ2v) is 6.34. The summed E-state index contributed by atoms with van der Waals surface area (Å²) in [7, 11) is 1.61. The average molecular weight is 393 g/mol. The number of ether oxygens (including phenoxy) is 1. The lowest BCUT2D eigenvalue weighted by Crippen LogP contribution is -2.19. The first-order valence-electron chi connectivity index (χ1n) is 8.99. The molecule has 1 fully saturated rings. The van der Waals surface area contributed by atoms with E-state index in [1.54, 1.807) is 23.9 Å². The van der Waals surface area contributed by atoms with Crippen LogP contribution in [0.2, 0.25) is 0 Å². The van der Waals surface area contributed by atoms with E-state index in [4.69, 9.17) is 4.74 Å². The molecule has 3 heterocycles. The highest BCUT2D eigenvalue weighted by molar-refractivity contribution is 6.15. The molecule has 1 aliphatic heterocycles. The molecule has 29 heavy (non-hydrogen) atoms. The first-order chi connectivity index (χ1) is 14.1. The molecule has 0 unspecified atom stereocenters. The van der Waals surface area contributed by atoms with Crippen molar-refractivity contribution in [3.8, 4) is 0 Å². The van der Waals surface area contributed by atoms with Gasteiger partial charge < -0.3 is 15.4 Å². The number of benzene rings is 1. The molecule has 1 aromatic carbocycles. The first-order valence-corrected chi connectivity index (χ1v) is 8.99. The minimum Gasteiger partial charge on any atom is -0.383 e. The van der Waals surface area contributed by atoms with E-state index in [1.807, 2.05) is 30.3 Å². The van der Waals surface area contributed by atoms with Gasteiger partial charge in [0.05, 0.1) is 19.2 Å². The molecule has 2 amide bonds. The van der Waals surface area contributed by atoms with Crippen LogP contribution in [0.3, 0.4) is 0 Å². The van der Waals surface area contributed by atoms with E-state index in [9.17, 15) is 9.59 Å². The van der Waals surface area contributed by atoms with Gasteiger partial charge in [0.1, 0.15) is 0 Å². The molecule has 4 rings (SSSR count). The monoisotopic (exact) mass is 393 g/mol. The molecule has 2 aromatic heterocycles. The Balaban J connectivity index is 1.75. The summed E-state index contributed by atoms with van der Waals surface area (Å²) in [6, 6.07) is 9.56. The number of para-hydroxylation sites is 1. The van der Waals surface area contributed by atoms with Crippen LogP contribution >= 0.6 is 0 Å². The quantitative estimate of drug-likeness (QED) is 0.312. The summed E-state index contributed by atoms with van der Waals surface area (Å²) in [4.78, 5) is 32.4. The molecule has 148 valence electrons. The van der Waals surface area contributed by atoms with Crippen molar-refractivity contribution in [1.82, 2.24) is 24.9 Å². The minimum absolute atomic E-state index is 0.0370. The molecular weight excluding hydrogens is 374 g/mol. The van der Waals surface area contributed by atoms with Crippen molar-refractivity contribution in [1.29, 1.82) is 0 Å². The zero-order chi connectivity index (χ0) is 20.2. The fourth-order valence-corrected chi connectivity index (χ4v) is 2.88. The zero-order valence-electron chi connectivity index (χ0n) is 15.7. The summed E-state index contributed by atoms with van der Waals surface area (Å²) >= 11 is 0. The number of aromatic nitrogens is 4. The lowest BCUT2D eigenvalue weighted by Gasteiger charge is -2.10. The number of fused-ring (bicyclic) bond motifs is 1. The Bertz CT molecular complexity index is 1090. The van der Waals surface area contributed by atoms with Gasteiger partial charge >= 0.3 is 0 Å². The zero-order valence-corrected chi connectivity index (χ0v) is 15.7. The van der Waals surface area contributed by atoms with E-state index in [0.29, 0.717) is 41.8 Å². The third kappa shape index (κ3) is 4.06. The lowest BCUT2D eigenvalue weighted by atomic mass is 10.1. The minimum atomic E-state index is -0.399. The number of nitrogens with one attached hydrogen (secondary N) is 3. The van der Waals surface area contributed by atoms with Crippen LogP contribution in [0.1, 0.15) is 12.0 Å². The van der Waals surface area contributed by atoms with Crippen molar-refractivity contribution >= 4 is 41.1 Å². The molecule has 0 atom stereocenters. The second kappa shape index (κ2) is 8.07. The van der Waals surface area contributed by atoms with Crippen LogP contribution in [0.15, 0.2) is 42.1 Å². The van der Waals surface area contributed by atoms with E-state index in [0.717, 1.165) is 5.69 Å². The predicted octanol–water partition coefficient (Wildman–Crippen LogP) is 1.36. The predicted molar refractivity (Wildman–Crippen MR) is 107 cm³/mol.